The Morgan fingerprint density at radius 2 is 2.14 bits per heavy atom. The van der Waals surface area contributed by atoms with Crippen LogP contribution in [0.1, 0.15) is 10.4 Å². The van der Waals surface area contributed by atoms with Crippen molar-refractivity contribution < 1.29 is 4.79 Å². The number of hydrogen-bond donors (Lipinski definition) is 1. The first-order chi connectivity index (χ1) is 6.65. The standard InChI is InChI=1S/C9H8Br2INO/c10-6-1-2-7(8(11)5-6)9(14)13-4-3-12/h1-2,5H,3-4H2,(H,13,14). The Morgan fingerprint density at radius 1 is 1.43 bits per heavy atom. The minimum absolute atomic E-state index is 0.0407. The van der Waals surface area contributed by atoms with Crippen LogP contribution < -0.4 is 5.32 Å². The van der Waals surface area contributed by atoms with E-state index in [4.69, 9.17) is 0 Å². The van der Waals surface area contributed by atoms with E-state index in [0.29, 0.717) is 12.1 Å². The van der Waals surface area contributed by atoms with Gasteiger partial charge in [-0.2, -0.15) is 0 Å². The number of carbonyl (C=O) groups excluding carboxylic acids is 1. The lowest BCUT2D eigenvalue weighted by molar-refractivity contribution is 0.0955. The maximum absolute atomic E-state index is 11.6. The monoisotopic (exact) mass is 431 g/mol. The van der Waals surface area contributed by atoms with Crippen molar-refractivity contribution in [2.45, 2.75) is 0 Å². The van der Waals surface area contributed by atoms with E-state index < -0.39 is 0 Å². The highest BCUT2D eigenvalue weighted by molar-refractivity contribution is 14.1. The van der Waals surface area contributed by atoms with Gasteiger partial charge < -0.3 is 5.32 Å². The molecule has 0 fully saturated rings. The molecule has 0 bridgehead atoms. The minimum Gasteiger partial charge on any atom is -0.351 e. The number of nitrogens with one attached hydrogen (secondary N) is 1. The second-order valence-corrected chi connectivity index (χ2v) is 5.42. The molecule has 2 nitrogen and oxygen atoms in total. The van der Waals surface area contributed by atoms with Crippen molar-refractivity contribution in [3.8, 4) is 0 Å². The summed E-state index contributed by atoms with van der Waals surface area (Å²) in [5.41, 5.74) is 0.665. The van der Waals surface area contributed by atoms with Gasteiger partial charge in [0.1, 0.15) is 0 Å². The molecule has 0 saturated heterocycles. The Labute approximate surface area is 113 Å². The molecule has 1 aromatic carbocycles. The summed E-state index contributed by atoms with van der Waals surface area (Å²) in [6.45, 7) is 0.696. The van der Waals surface area contributed by atoms with Crippen LogP contribution in [0, 0.1) is 0 Å². The van der Waals surface area contributed by atoms with Crippen molar-refractivity contribution in [2.24, 2.45) is 0 Å². The second-order valence-electron chi connectivity index (χ2n) is 2.57. The summed E-state index contributed by atoms with van der Waals surface area (Å²) in [5, 5.41) is 2.82. The van der Waals surface area contributed by atoms with Crippen LogP contribution in [-0.2, 0) is 0 Å². The summed E-state index contributed by atoms with van der Waals surface area (Å²) in [6.07, 6.45) is 0. The SMILES string of the molecule is O=C(NCCI)c1ccc(Br)cc1Br. The van der Waals surface area contributed by atoms with Gasteiger partial charge in [0.2, 0.25) is 0 Å². The van der Waals surface area contributed by atoms with E-state index in [1.807, 2.05) is 12.1 Å². The van der Waals surface area contributed by atoms with Gasteiger partial charge in [0, 0.05) is 19.9 Å². The molecule has 0 spiro atoms. The van der Waals surface area contributed by atoms with E-state index in [0.717, 1.165) is 13.4 Å². The molecule has 0 unspecified atom stereocenters. The van der Waals surface area contributed by atoms with Gasteiger partial charge in [-0.25, -0.2) is 0 Å². The fraction of sp³-hybridized carbons (Fsp3) is 0.222. The molecule has 0 aliphatic carbocycles. The van der Waals surface area contributed by atoms with Crippen molar-refractivity contribution in [3.05, 3.63) is 32.7 Å². The van der Waals surface area contributed by atoms with Gasteiger partial charge in [0.05, 0.1) is 5.56 Å². The predicted molar refractivity (Wildman–Crippen MR) is 73.1 cm³/mol. The molecule has 0 heterocycles. The van der Waals surface area contributed by atoms with Crippen LogP contribution in [0.5, 0.6) is 0 Å². The molecular weight excluding hydrogens is 425 g/mol. The molecule has 0 saturated carbocycles. The Balaban J connectivity index is 2.80. The van der Waals surface area contributed by atoms with Crippen molar-refractivity contribution >= 4 is 60.4 Å². The minimum atomic E-state index is -0.0407. The van der Waals surface area contributed by atoms with Crippen LogP contribution in [0.15, 0.2) is 27.1 Å². The third-order valence-electron chi connectivity index (χ3n) is 1.56. The summed E-state index contributed by atoms with van der Waals surface area (Å²) in [7, 11) is 0. The number of alkyl halides is 1. The average Bonchev–Trinajstić information content (AvgIpc) is 2.14. The third kappa shape index (κ3) is 3.51. The van der Waals surface area contributed by atoms with Gasteiger partial charge in [-0.15, -0.1) is 0 Å². The molecule has 0 radical (unpaired) electrons. The summed E-state index contributed by atoms with van der Waals surface area (Å²) in [6, 6.07) is 5.50. The van der Waals surface area contributed by atoms with Gasteiger partial charge in [-0.1, -0.05) is 38.5 Å². The first-order valence-corrected chi connectivity index (χ1v) is 7.05. The van der Waals surface area contributed by atoms with E-state index in [-0.39, 0.29) is 5.91 Å². The van der Waals surface area contributed by atoms with Gasteiger partial charge in [0.15, 0.2) is 0 Å². The highest BCUT2D eigenvalue weighted by Crippen LogP contribution is 2.21. The van der Waals surface area contributed by atoms with Crippen LogP contribution in [0.2, 0.25) is 0 Å². The zero-order valence-corrected chi connectivity index (χ0v) is 12.5. The van der Waals surface area contributed by atoms with E-state index in [9.17, 15) is 4.79 Å². The maximum atomic E-state index is 11.6. The summed E-state index contributed by atoms with van der Waals surface area (Å²) < 4.78 is 2.67. The fourth-order valence-electron chi connectivity index (χ4n) is 0.930. The Morgan fingerprint density at radius 3 is 2.71 bits per heavy atom. The number of carbonyl (C=O) groups is 1. The van der Waals surface area contributed by atoms with Crippen LogP contribution >= 0.6 is 54.5 Å². The lowest BCUT2D eigenvalue weighted by Gasteiger charge is -2.05. The highest BCUT2D eigenvalue weighted by atomic mass is 127. The fourth-order valence-corrected chi connectivity index (χ4v) is 2.43. The average molecular weight is 433 g/mol. The Hall–Kier alpha value is 0.380. The number of rotatable bonds is 3. The molecule has 0 aliphatic rings. The largest absolute Gasteiger partial charge is 0.351 e. The number of halogens is 3. The molecule has 0 aromatic heterocycles. The summed E-state index contributed by atoms with van der Waals surface area (Å²) >= 11 is 8.90. The molecule has 1 rings (SSSR count). The molecule has 76 valence electrons. The van der Waals surface area contributed by atoms with Crippen molar-refractivity contribution in [3.63, 3.8) is 0 Å². The molecule has 1 N–H and O–H groups in total. The molecule has 0 aliphatic heterocycles. The van der Waals surface area contributed by atoms with E-state index in [2.05, 4.69) is 59.8 Å². The van der Waals surface area contributed by atoms with E-state index in [1.165, 1.54) is 0 Å². The number of amides is 1. The summed E-state index contributed by atoms with van der Waals surface area (Å²) in [5.74, 6) is -0.0407. The Bertz CT molecular complexity index is 344. The molecule has 14 heavy (non-hydrogen) atoms. The lowest BCUT2D eigenvalue weighted by Crippen LogP contribution is -2.25. The van der Waals surface area contributed by atoms with Gasteiger partial charge in [-0.05, 0) is 34.1 Å². The predicted octanol–water partition coefficient (Wildman–Crippen LogP) is 3.38. The molecule has 1 amide bonds. The maximum Gasteiger partial charge on any atom is 0.252 e. The molecular formula is C9H8Br2INO. The lowest BCUT2D eigenvalue weighted by atomic mass is 10.2. The molecule has 5 heteroatoms. The van der Waals surface area contributed by atoms with Crippen LogP contribution in [0.3, 0.4) is 0 Å². The molecule has 1 aromatic rings. The van der Waals surface area contributed by atoms with Crippen molar-refractivity contribution in [2.75, 3.05) is 11.0 Å². The number of benzene rings is 1. The normalized spacial score (nSPS) is 9.93. The van der Waals surface area contributed by atoms with Crippen LogP contribution in [-0.4, -0.2) is 16.9 Å². The van der Waals surface area contributed by atoms with Crippen LogP contribution in [0.4, 0.5) is 0 Å². The molecule has 0 atom stereocenters. The van der Waals surface area contributed by atoms with Gasteiger partial charge >= 0.3 is 0 Å². The first-order valence-electron chi connectivity index (χ1n) is 3.94. The first kappa shape index (κ1) is 12.4. The summed E-state index contributed by atoms with van der Waals surface area (Å²) in [4.78, 5) is 11.6. The van der Waals surface area contributed by atoms with Crippen molar-refractivity contribution in [1.82, 2.24) is 5.32 Å². The zero-order valence-electron chi connectivity index (χ0n) is 7.19. The van der Waals surface area contributed by atoms with Crippen molar-refractivity contribution in [1.29, 1.82) is 0 Å². The smallest absolute Gasteiger partial charge is 0.252 e. The quantitative estimate of drug-likeness (QED) is 0.576. The van der Waals surface area contributed by atoms with Crippen LogP contribution in [0.25, 0.3) is 0 Å². The number of hydrogen-bond acceptors (Lipinski definition) is 1. The highest BCUT2D eigenvalue weighted by Gasteiger charge is 2.08. The third-order valence-corrected chi connectivity index (χ3v) is 3.24. The van der Waals surface area contributed by atoms with Gasteiger partial charge in [0.25, 0.3) is 5.91 Å². The van der Waals surface area contributed by atoms with E-state index in [1.54, 1.807) is 6.07 Å². The zero-order chi connectivity index (χ0) is 10.6. The van der Waals surface area contributed by atoms with E-state index >= 15 is 0 Å². The second kappa shape index (κ2) is 6.07. The Kier molecular flexibility index (Phi) is 5.40. The topological polar surface area (TPSA) is 29.1 Å². The van der Waals surface area contributed by atoms with Gasteiger partial charge in [-0.3, -0.25) is 4.79 Å².